The monoisotopic (exact) mass is 716 g/mol. The molecule has 0 aliphatic rings. The number of fused-ring (bicyclic) bond motifs is 6. The van der Waals surface area contributed by atoms with E-state index in [2.05, 4.69) is 132 Å². The Morgan fingerprint density at radius 2 is 0.893 bits per heavy atom. The summed E-state index contributed by atoms with van der Waals surface area (Å²) in [5, 5.41) is 4.54. The molecule has 0 spiro atoms. The van der Waals surface area contributed by atoms with Crippen molar-refractivity contribution < 1.29 is 4.42 Å². The van der Waals surface area contributed by atoms with Crippen LogP contribution in [0.2, 0.25) is 0 Å². The molecule has 0 amide bonds. The molecule has 0 radical (unpaired) electrons. The third-order valence-corrected chi connectivity index (χ3v) is 10.7. The Bertz CT molecular complexity index is 3160. The Kier molecular flexibility index (Phi) is 7.42. The maximum atomic E-state index is 6.59. The number of hydrogen-bond donors (Lipinski definition) is 0. The molecule has 0 atom stereocenters. The summed E-state index contributed by atoms with van der Waals surface area (Å²) < 4.78 is 8.96. The van der Waals surface area contributed by atoms with Gasteiger partial charge in [0.25, 0.3) is 0 Å². The number of aromatic nitrogens is 4. The average Bonchev–Trinajstić information content (AvgIpc) is 3.82. The van der Waals surface area contributed by atoms with Crippen molar-refractivity contribution in [2.24, 2.45) is 0 Å². The first-order valence-electron chi connectivity index (χ1n) is 18.8. The van der Waals surface area contributed by atoms with Crippen molar-refractivity contribution in [1.29, 1.82) is 0 Å². The van der Waals surface area contributed by atoms with Crippen LogP contribution < -0.4 is 0 Å². The zero-order chi connectivity index (χ0) is 37.0. The molecule has 11 rings (SSSR count). The number of hydrogen-bond acceptors (Lipinski definition) is 4. The van der Waals surface area contributed by atoms with Crippen molar-refractivity contribution in [2.75, 3.05) is 0 Å². The van der Waals surface area contributed by atoms with E-state index >= 15 is 0 Å². The fraction of sp³-hybridized carbons (Fsp3) is 0. The van der Waals surface area contributed by atoms with Gasteiger partial charge in [-0.05, 0) is 70.8 Å². The Balaban J connectivity index is 1.02. The van der Waals surface area contributed by atoms with E-state index in [0.29, 0.717) is 17.5 Å². The van der Waals surface area contributed by atoms with Crippen LogP contribution >= 0.6 is 0 Å². The molecule has 11 aromatic rings. The summed E-state index contributed by atoms with van der Waals surface area (Å²) in [4.78, 5) is 14.8. The van der Waals surface area contributed by atoms with Crippen molar-refractivity contribution in [1.82, 2.24) is 19.5 Å². The van der Waals surface area contributed by atoms with Gasteiger partial charge in [-0.2, -0.15) is 0 Å². The summed E-state index contributed by atoms with van der Waals surface area (Å²) in [6, 6.07) is 67.5. The van der Waals surface area contributed by atoms with E-state index in [1.807, 2.05) is 66.7 Å². The summed E-state index contributed by atoms with van der Waals surface area (Å²) >= 11 is 0. The lowest BCUT2D eigenvalue weighted by molar-refractivity contribution is 0.669. The minimum absolute atomic E-state index is 0.594. The zero-order valence-electron chi connectivity index (χ0n) is 30.2. The summed E-state index contributed by atoms with van der Waals surface area (Å²) in [5.41, 5.74) is 12.5. The minimum atomic E-state index is 0.594. The lowest BCUT2D eigenvalue weighted by Gasteiger charge is -2.10. The molecule has 5 heteroatoms. The molecule has 0 aliphatic carbocycles. The molecule has 3 heterocycles. The first kappa shape index (κ1) is 31.9. The summed E-state index contributed by atoms with van der Waals surface area (Å²) in [7, 11) is 0. The van der Waals surface area contributed by atoms with Gasteiger partial charge in [-0.25, -0.2) is 15.0 Å². The molecule has 0 fully saturated rings. The highest BCUT2D eigenvalue weighted by atomic mass is 16.3. The molecule has 0 N–H and O–H groups in total. The van der Waals surface area contributed by atoms with Crippen LogP contribution in [0.4, 0.5) is 0 Å². The van der Waals surface area contributed by atoms with E-state index in [9.17, 15) is 0 Å². The SMILES string of the molecule is c1ccc(-c2ccc(-n3c4ccccc4c4cc(-c5cccc6oc7cc(-c8nc(-c9ccccc9)nc(-c9ccccc9)n8)ccc7c56)ccc43)cc2)cc1. The van der Waals surface area contributed by atoms with Gasteiger partial charge in [0, 0.05) is 43.9 Å². The number of nitrogens with zero attached hydrogens (tertiary/aromatic N) is 4. The van der Waals surface area contributed by atoms with Crippen LogP contribution in [0.15, 0.2) is 199 Å². The summed E-state index contributed by atoms with van der Waals surface area (Å²) in [6.07, 6.45) is 0. The van der Waals surface area contributed by atoms with Crippen molar-refractivity contribution in [2.45, 2.75) is 0 Å². The Hall–Kier alpha value is -7.63. The maximum absolute atomic E-state index is 6.59. The highest BCUT2D eigenvalue weighted by Gasteiger charge is 2.18. The first-order chi connectivity index (χ1) is 27.7. The van der Waals surface area contributed by atoms with Gasteiger partial charge in [0.1, 0.15) is 11.2 Å². The highest BCUT2D eigenvalue weighted by Crippen LogP contribution is 2.41. The van der Waals surface area contributed by atoms with E-state index in [1.54, 1.807) is 0 Å². The van der Waals surface area contributed by atoms with Crippen LogP contribution in [-0.4, -0.2) is 19.5 Å². The summed E-state index contributed by atoms with van der Waals surface area (Å²) in [6.45, 7) is 0. The largest absolute Gasteiger partial charge is 0.456 e. The summed E-state index contributed by atoms with van der Waals surface area (Å²) in [5.74, 6) is 1.85. The van der Waals surface area contributed by atoms with Crippen molar-refractivity contribution >= 4 is 43.7 Å². The fourth-order valence-electron chi connectivity index (χ4n) is 8.00. The third kappa shape index (κ3) is 5.37. The van der Waals surface area contributed by atoms with E-state index in [4.69, 9.17) is 19.4 Å². The molecule has 8 aromatic carbocycles. The van der Waals surface area contributed by atoms with Crippen LogP contribution in [0.1, 0.15) is 0 Å². The fourth-order valence-corrected chi connectivity index (χ4v) is 8.00. The van der Waals surface area contributed by atoms with Crippen LogP contribution in [0, 0.1) is 0 Å². The van der Waals surface area contributed by atoms with Crippen LogP contribution in [0.5, 0.6) is 0 Å². The van der Waals surface area contributed by atoms with Crippen LogP contribution in [0.3, 0.4) is 0 Å². The molecule has 0 bridgehead atoms. The van der Waals surface area contributed by atoms with Gasteiger partial charge in [0.15, 0.2) is 17.5 Å². The predicted octanol–water partition coefficient (Wildman–Crippen LogP) is 13.2. The number of rotatable bonds is 6. The number of furan rings is 1. The van der Waals surface area contributed by atoms with Gasteiger partial charge in [0.2, 0.25) is 0 Å². The number of benzene rings is 8. The minimum Gasteiger partial charge on any atom is -0.456 e. The number of para-hydroxylation sites is 1. The molecule has 56 heavy (non-hydrogen) atoms. The Morgan fingerprint density at radius 3 is 1.59 bits per heavy atom. The predicted molar refractivity (Wildman–Crippen MR) is 229 cm³/mol. The van der Waals surface area contributed by atoms with Crippen molar-refractivity contribution in [3.05, 3.63) is 194 Å². The molecule has 0 saturated heterocycles. The lowest BCUT2D eigenvalue weighted by Crippen LogP contribution is -2.00. The van der Waals surface area contributed by atoms with E-state index in [0.717, 1.165) is 55.4 Å². The van der Waals surface area contributed by atoms with Crippen LogP contribution in [-0.2, 0) is 0 Å². The van der Waals surface area contributed by atoms with E-state index in [-0.39, 0.29) is 0 Å². The molecule has 0 unspecified atom stereocenters. The highest BCUT2D eigenvalue weighted by molar-refractivity contribution is 6.15. The Labute approximate surface area is 322 Å². The molecular formula is C51H32N4O. The van der Waals surface area contributed by atoms with Gasteiger partial charge < -0.3 is 8.98 Å². The molecule has 262 valence electrons. The van der Waals surface area contributed by atoms with Gasteiger partial charge in [-0.15, -0.1) is 0 Å². The van der Waals surface area contributed by atoms with Crippen molar-refractivity contribution in [3.8, 4) is 62.1 Å². The first-order valence-corrected chi connectivity index (χ1v) is 18.8. The smallest absolute Gasteiger partial charge is 0.164 e. The zero-order valence-corrected chi connectivity index (χ0v) is 30.2. The standard InChI is InChI=1S/C51H32N4O/c1-4-13-33(14-5-1)34-23-27-39(28-24-34)55-44-21-11-10-19-41(44)43-31-37(26-30-45(43)55)40-20-12-22-46-48(40)42-29-25-38(32-47(42)56-46)51-53-49(35-15-6-2-7-16-35)52-50(54-51)36-17-8-3-9-18-36/h1-32H. The normalized spacial score (nSPS) is 11.6. The van der Waals surface area contributed by atoms with E-state index in [1.165, 1.54) is 32.9 Å². The second-order valence-electron chi connectivity index (χ2n) is 14.0. The second kappa shape index (κ2) is 13.0. The third-order valence-electron chi connectivity index (χ3n) is 10.7. The van der Waals surface area contributed by atoms with Gasteiger partial charge in [-0.3, -0.25) is 0 Å². The molecule has 5 nitrogen and oxygen atoms in total. The molecule has 0 saturated carbocycles. The topological polar surface area (TPSA) is 56.7 Å². The molecule has 0 aliphatic heterocycles. The van der Waals surface area contributed by atoms with Gasteiger partial charge in [-0.1, -0.05) is 146 Å². The van der Waals surface area contributed by atoms with Crippen LogP contribution in [0.25, 0.3) is 106 Å². The average molecular weight is 717 g/mol. The quantitative estimate of drug-likeness (QED) is 0.172. The van der Waals surface area contributed by atoms with E-state index < -0.39 is 0 Å². The maximum Gasteiger partial charge on any atom is 0.164 e. The Morgan fingerprint density at radius 1 is 0.339 bits per heavy atom. The molecule has 3 aromatic heterocycles. The second-order valence-corrected chi connectivity index (χ2v) is 14.0. The van der Waals surface area contributed by atoms with Crippen molar-refractivity contribution in [3.63, 3.8) is 0 Å². The van der Waals surface area contributed by atoms with Gasteiger partial charge >= 0.3 is 0 Å². The van der Waals surface area contributed by atoms with Gasteiger partial charge in [0.05, 0.1) is 11.0 Å². The molecular weight excluding hydrogens is 685 g/mol. The lowest BCUT2D eigenvalue weighted by atomic mass is 9.97.